The van der Waals surface area contributed by atoms with Crippen LogP contribution in [0.3, 0.4) is 0 Å². The number of amides is 1. The second-order valence-corrected chi connectivity index (χ2v) is 7.44. The number of nitrogens with zero attached hydrogens (tertiary/aromatic N) is 1. The number of hydrogen-bond donors (Lipinski definition) is 2. The van der Waals surface area contributed by atoms with E-state index in [0.29, 0.717) is 5.69 Å². The normalized spacial score (nSPS) is 13.1. The van der Waals surface area contributed by atoms with Crippen LogP contribution in [0.15, 0.2) is 18.3 Å². The molecule has 0 fully saturated rings. The Bertz CT molecular complexity index is 618. The lowest BCUT2D eigenvalue weighted by Crippen LogP contribution is -2.42. The average molecular weight is 316 g/mol. The number of carbonyl (C=O) groups excluding carboxylic acids is 1. The first-order valence-corrected chi connectivity index (χ1v) is 8.56. The summed E-state index contributed by atoms with van der Waals surface area (Å²) in [6.07, 6.45) is 2.59. The lowest BCUT2D eigenvalue weighted by Gasteiger charge is -2.16. The summed E-state index contributed by atoms with van der Waals surface area (Å²) < 4.78 is 23.9. The number of carbonyl (C=O) groups is 2. The highest BCUT2D eigenvalue weighted by Gasteiger charge is 2.23. The minimum atomic E-state index is -3.28. The Labute approximate surface area is 123 Å². The molecule has 0 bridgehead atoms. The molecule has 0 spiro atoms. The van der Waals surface area contributed by atoms with Gasteiger partial charge in [0.1, 0.15) is 21.6 Å². The SMILES string of the molecule is CC(C)n1cccc1C(=O)NC(CCS(C)(=O)=O)C(=O)O. The van der Waals surface area contributed by atoms with E-state index in [0.717, 1.165) is 6.26 Å². The van der Waals surface area contributed by atoms with Crippen LogP contribution in [-0.4, -0.2) is 48.0 Å². The van der Waals surface area contributed by atoms with Crippen LogP contribution in [0, 0.1) is 0 Å². The van der Waals surface area contributed by atoms with Crippen molar-refractivity contribution in [2.24, 2.45) is 0 Å². The van der Waals surface area contributed by atoms with E-state index in [1.165, 1.54) is 0 Å². The van der Waals surface area contributed by atoms with E-state index < -0.39 is 27.8 Å². The van der Waals surface area contributed by atoms with Gasteiger partial charge in [-0.05, 0) is 32.4 Å². The van der Waals surface area contributed by atoms with Crippen LogP contribution in [0.1, 0.15) is 36.8 Å². The standard InChI is InChI=1S/C13H20N2O5S/c1-9(2)15-7-4-5-11(15)12(16)14-10(13(17)18)6-8-21(3,19)20/h4-5,7,9-10H,6,8H2,1-3H3,(H,14,16)(H,17,18). The second kappa shape index (κ2) is 6.75. The van der Waals surface area contributed by atoms with Crippen molar-refractivity contribution >= 4 is 21.7 Å². The van der Waals surface area contributed by atoms with Gasteiger partial charge >= 0.3 is 5.97 Å². The molecule has 2 N–H and O–H groups in total. The first-order valence-electron chi connectivity index (χ1n) is 6.50. The fourth-order valence-electron chi connectivity index (χ4n) is 1.86. The highest BCUT2D eigenvalue weighted by Crippen LogP contribution is 2.11. The van der Waals surface area contributed by atoms with E-state index in [4.69, 9.17) is 5.11 Å². The molecule has 0 radical (unpaired) electrons. The Hall–Kier alpha value is -1.83. The summed E-state index contributed by atoms with van der Waals surface area (Å²) in [5, 5.41) is 11.4. The zero-order chi connectivity index (χ0) is 16.2. The summed E-state index contributed by atoms with van der Waals surface area (Å²) in [5.41, 5.74) is 0.343. The van der Waals surface area contributed by atoms with Gasteiger partial charge in [-0.1, -0.05) is 0 Å². The molecule has 0 aliphatic heterocycles. The smallest absolute Gasteiger partial charge is 0.326 e. The number of hydrogen-bond acceptors (Lipinski definition) is 4. The minimum Gasteiger partial charge on any atom is -0.480 e. The maximum absolute atomic E-state index is 12.1. The molecule has 1 unspecified atom stereocenters. The van der Waals surface area contributed by atoms with Gasteiger partial charge in [0.05, 0.1) is 5.75 Å². The maximum atomic E-state index is 12.1. The zero-order valence-corrected chi connectivity index (χ0v) is 13.1. The molecule has 118 valence electrons. The number of nitrogens with one attached hydrogen (secondary N) is 1. The first kappa shape index (κ1) is 17.2. The lowest BCUT2D eigenvalue weighted by molar-refractivity contribution is -0.139. The molecule has 1 aromatic heterocycles. The number of aromatic nitrogens is 1. The molecule has 1 atom stereocenters. The maximum Gasteiger partial charge on any atom is 0.326 e. The third kappa shape index (κ3) is 5.22. The van der Waals surface area contributed by atoms with E-state index in [1.807, 2.05) is 13.8 Å². The van der Waals surface area contributed by atoms with Crippen LogP contribution >= 0.6 is 0 Å². The van der Waals surface area contributed by atoms with Crippen molar-refractivity contribution in [3.63, 3.8) is 0 Å². The fourth-order valence-corrected chi connectivity index (χ4v) is 2.52. The summed E-state index contributed by atoms with van der Waals surface area (Å²) in [6, 6.07) is 2.11. The summed E-state index contributed by atoms with van der Waals surface area (Å²) in [5.74, 6) is -2.08. The zero-order valence-electron chi connectivity index (χ0n) is 12.2. The van der Waals surface area contributed by atoms with Gasteiger partial charge in [-0.25, -0.2) is 13.2 Å². The van der Waals surface area contributed by atoms with Crippen LogP contribution in [0.4, 0.5) is 0 Å². The van der Waals surface area contributed by atoms with Gasteiger partial charge in [-0.3, -0.25) is 4.79 Å². The van der Waals surface area contributed by atoms with Crippen LogP contribution in [-0.2, 0) is 14.6 Å². The summed E-state index contributed by atoms with van der Waals surface area (Å²) in [7, 11) is -3.28. The van der Waals surface area contributed by atoms with Gasteiger partial charge in [-0.2, -0.15) is 0 Å². The van der Waals surface area contributed by atoms with Crippen LogP contribution in [0.5, 0.6) is 0 Å². The minimum absolute atomic E-state index is 0.0556. The summed E-state index contributed by atoms with van der Waals surface area (Å²) in [6.45, 7) is 3.80. The van der Waals surface area contributed by atoms with Crippen molar-refractivity contribution in [1.29, 1.82) is 0 Å². The number of carboxylic acids is 1. The fraction of sp³-hybridized carbons (Fsp3) is 0.538. The highest BCUT2D eigenvalue weighted by atomic mass is 32.2. The Morgan fingerprint density at radius 2 is 2.00 bits per heavy atom. The van der Waals surface area contributed by atoms with E-state index in [2.05, 4.69) is 5.32 Å². The molecule has 1 amide bonds. The lowest BCUT2D eigenvalue weighted by atomic mass is 10.2. The van der Waals surface area contributed by atoms with Crippen molar-refractivity contribution in [2.45, 2.75) is 32.4 Å². The van der Waals surface area contributed by atoms with Crippen molar-refractivity contribution in [1.82, 2.24) is 9.88 Å². The third-order valence-corrected chi connectivity index (χ3v) is 3.93. The number of rotatable bonds is 7. The Morgan fingerprint density at radius 1 is 1.38 bits per heavy atom. The summed E-state index contributed by atoms with van der Waals surface area (Å²) in [4.78, 5) is 23.2. The van der Waals surface area contributed by atoms with Gasteiger partial charge in [0.25, 0.3) is 5.91 Å². The van der Waals surface area contributed by atoms with Gasteiger partial charge in [-0.15, -0.1) is 0 Å². The molecule has 0 saturated heterocycles. The van der Waals surface area contributed by atoms with Crippen molar-refractivity contribution in [2.75, 3.05) is 12.0 Å². The van der Waals surface area contributed by atoms with Gasteiger partial charge in [0, 0.05) is 18.5 Å². The summed E-state index contributed by atoms with van der Waals surface area (Å²) >= 11 is 0. The number of sulfone groups is 1. The Kier molecular flexibility index (Phi) is 5.54. The van der Waals surface area contributed by atoms with Crippen molar-refractivity contribution in [3.8, 4) is 0 Å². The molecule has 0 saturated carbocycles. The van der Waals surface area contributed by atoms with Gasteiger partial charge < -0.3 is 15.0 Å². The first-order chi connectivity index (χ1) is 9.61. The number of carboxylic acid groups (broad SMARTS) is 1. The highest BCUT2D eigenvalue weighted by molar-refractivity contribution is 7.90. The van der Waals surface area contributed by atoms with Crippen LogP contribution in [0.2, 0.25) is 0 Å². The Morgan fingerprint density at radius 3 is 2.48 bits per heavy atom. The topological polar surface area (TPSA) is 105 Å². The second-order valence-electron chi connectivity index (χ2n) is 5.18. The van der Waals surface area contributed by atoms with Gasteiger partial charge in [0.15, 0.2) is 0 Å². The Balaban J connectivity index is 2.82. The molecule has 0 aliphatic carbocycles. The molecular formula is C13H20N2O5S. The molecular weight excluding hydrogens is 296 g/mol. The largest absolute Gasteiger partial charge is 0.480 e. The number of aliphatic carboxylic acids is 1. The van der Waals surface area contributed by atoms with E-state index in [1.54, 1.807) is 22.9 Å². The quantitative estimate of drug-likeness (QED) is 0.770. The molecule has 7 nitrogen and oxygen atoms in total. The average Bonchev–Trinajstić information content (AvgIpc) is 2.81. The molecule has 1 rings (SSSR count). The van der Waals surface area contributed by atoms with Crippen LogP contribution in [0.25, 0.3) is 0 Å². The molecule has 1 aromatic rings. The van der Waals surface area contributed by atoms with Crippen LogP contribution < -0.4 is 5.32 Å². The van der Waals surface area contributed by atoms with E-state index in [-0.39, 0.29) is 18.2 Å². The monoisotopic (exact) mass is 316 g/mol. The molecule has 21 heavy (non-hydrogen) atoms. The third-order valence-electron chi connectivity index (χ3n) is 2.95. The van der Waals surface area contributed by atoms with E-state index in [9.17, 15) is 18.0 Å². The predicted molar refractivity (Wildman–Crippen MR) is 78.0 cm³/mol. The van der Waals surface area contributed by atoms with Crippen molar-refractivity contribution < 1.29 is 23.1 Å². The van der Waals surface area contributed by atoms with E-state index >= 15 is 0 Å². The predicted octanol–water partition coefficient (Wildman–Crippen LogP) is 0.687. The van der Waals surface area contributed by atoms with Gasteiger partial charge in [0.2, 0.25) is 0 Å². The molecule has 0 aromatic carbocycles. The molecule has 1 heterocycles. The molecule has 8 heteroatoms. The van der Waals surface area contributed by atoms with Crippen molar-refractivity contribution in [3.05, 3.63) is 24.0 Å². The molecule has 0 aliphatic rings.